The molecule has 3 rings (SSSR count). The van der Waals surface area contributed by atoms with E-state index in [1.165, 1.54) is 18.3 Å². The van der Waals surface area contributed by atoms with Crippen LogP contribution in [0.3, 0.4) is 0 Å². The lowest BCUT2D eigenvalue weighted by Crippen LogP contribution is -2.54. The SMILES string of the molecule is C1CCC2(CC1)C[C@@H]1CC[C@H]12. The van der Waals surface area contributed by atoms with Gasteiger partial charge in [-0.15, -0.1) is 0 Å². The van der Waals surface area contributed by atoms with Crippen LogP contribution in [0.2, 0.25) is 0 Å². The van der Waals surface area contributed by atoms with Crippen molar-refractivity contribution in [2.75, 3.05) is 0 Å². The largest absolute Gasteiger partial charge is 0.0533 e. The van der Waals surface area contributed by atoms with Gasteiger partial charge in [-0.25, -0.2) is 0 Å². The molecule has 3 aliphatic carbocycles. The molecule has 0 N–H and O–H groups in total. The van der Waals surface area contributed by atoms with Gasteiger partial charge in [0, 0.05) is 0 Å². The van der Waals surface area contributed by atoms with Crippen LogP contribution >= 0.6 is 0 Å². The zero-order valence-electron chi connectivity index (χ0n) is 7.31. The van der Waals surface area contributed by atoms with E-state index in [0.29, 0.717) is 0 Å². The van der Waals surface area contributed by atoms with Crippen LogP contribution in [0.25, 0.3) is 0 Å². The van der Waals surface area contributed by atoms with E-state index in [1.54, 1.807) is 44.9 Å². The highest BCUT2D eigenvalue weighted by atomic mass is 14.6. The molecule has 1 spiro atoms. The maximum atomic E-state index is 1.62. The monoisotopic (exact) mass is 150 g/mol. The Hall–Kier alpha value is 0. The summed E-state index contributed by atoms with van der Waals surface area (Å²) >= 11 is 0. The summed E-state index contributed by atoms with van der Waals surface area (Å²) in [5.41, 5.74) is 0.918. The average molecular weight is 150 g/mol. The van der Waals surface area contributed by atoms with Crippen molar-refractivity contribution in [3.05, 3.63) is 0 Å². The molecule has 0 aromatic carbocycles. The van der Waals surface area contributed by atoms with Gasteiger partial charge >= 0.3 is 0 Å². The molecule has 0 heteroatoms. The summed E-state index contributed by atoms with van der Waals surface area (Å²) < 4.78 is 0. The molecule has 0 amide bonds. The van der Waals surface area contributed by atoms with E-state index in [1.807, 2.05) is 0 Å². The van der Waals surface area contributed by atoms with Crippen LogP contribution in [0.4, 0.5) is 0 Å². The normalized spacial score (nSPS) is 45.8. The Bertz CT molecular complexity index is 159. The van der Waals surface area contributed by atoms with E-state index >= 15 is 0 Å². The van der Waals surface area contributed by atoms with Crippen molar-refractivity contribution >= 4 is 0 Å². The minimum Gasteiger partial charge on any atom is -0.0533 e. The summed E-state index contributed by atoms with van der Waals surface area (Å²) in [6, 6.07) is 0. The Balaban J connectivity index is 1.74. The van der Waals surface area contributed by atoms with Crippen molar-refractivity contribution in [3.63, 3.8) is 0 Å². The molecule has 0 aromatic heterocycles. The summed E-state index contributed by atoms with van der Waals surface area (Å²) in [4.78, 5) is 0. The highest BCUT2D eigenvalue weighted by Crippen LogP contribution is 2.67. The van der Waals surface area contributed by atoms with Crippen molar-refractivity contribution in [2.45, 2.75) is 51.4 Å². The lowest BCUT2D eigenvalue weighted by molar-refractivity contribution is -0.136. The van der Waals surface area contributed by atoms with Gasteiger partial charge in [0.05, 0.1) is 0 Å². The fourth-order valence-electron chi connectivity index (χ4n) is 3.96. The van der Waals surface area contributed by atoms with Crippen molar-refractivity contribution in [1.29, 1.82) is 0 Å². The first kappa shape index (κ1) is 6.51. The smallest absolute Gasteiger partial charge is 0.0264 e. The van der Waals surface area contributed by atoms with Crippen LogP contribution < -0.4 is 0 Å². The van der Waals surface area contributed by atoms with Crippen molar-refractivity contribution < 1.29 is 0 Å². The Kier molecular flexibility index (Phi) is 1.20. The average Bonchev–Trinajstić information content (AvgIpc) is 2.01. The predicted molar refractivity (Wildman–Crippen MR) is 46.3 cm³/mol. The van der Waals surface area contributed by atoms with Gasteiger partial charge in [0.2, 0.25) is 0 Å². The Labute approximate surface area is 69.4 Å². The van der Waals surface area contributed by atoms with Crippen molar-refractivity contribution in [2.24, 2.45) is 17.3 Å². The molecule has 3 aliphatic rings. The third kappa shape index (κ3) is 0.711. The first-order chi connectivity index (χ1) is 5.41. The quantitative estimate of drug-likeness (QED) is 0.496. The molecule has 0 saturated heterocycles. The van der Waals surface area contributed by atoms with E-state index in [0.717, 1.165) is 5.41 Å². The molecule has 3 fully saturated rings. The van der Waals surface area contributed by atoms with Gasteiger partial charge in [-0.3, -0.25) is 0 Å². The van der Waals surface area contributed by atoms with Crippen LogP contribution in [0.5, 0.6) is 0 Å². The summed E-state index contributed by atoms with van der Waals surface area (Å²) in [7, 11) is 0. The summed E-state index contributed by atoms with van der Waals surface area (Å²) in [5.74, 6) is 2.41. The zero-order chi connectivity index (χ0) is 7.31. The Morgan fingerprint density at radius 2 is 1.73 bits per heavy atom. The van der Waals surface area contributed by atoms with Gasteiger partial charge in [0.25, 0.3) is 0 Å². The second-order valence-corrected chi connectivity index (χ2v) is 5.07. The second kappa shape index (κ2) is 2.02. The molecular weight excluding hydrogens is 132 g/mol. The van der Waals surface area contributed by atoms with Crippen molar-refractivity contribution in [3.8, 4) is 0 Å². The standard InChI is InChI=1S/C11H18/c1-2-6-11(7-3-1)8-9-4-5-10(9)11/h9-10H,1-8H2/t9-,10+/m0/s1. The molecule has 3 saturated carbocycles. The molecule has 0 radical (unpaired) electrons. The number of rotatable bonds is 0. The van der Waals surface area contributed by atoms with E-state index in [9.17, 15) is 0 Å². The first-order valence-electron chi connectivity index (χ1n) is 5.41. The summed E-state index contributed by atoms with van der Waals surface area (Å²) in [6.45, 7) is 0. The van der Waals surface area contributed by atoms with Crippen LogP contribution in [-0.4, -0.2) is 0 Å². The fourth-order valence-corrected chi connectivity index (χ4v) is 3.96. The molecule has 0 aromatic rings. The maximum absolute atomic E-state index is 1.62. The van der Waals surface area contributed by atoms with Crippen LogP contribution in [0, 0.1) is 17.3 Å². The van der Waals surface area contributed by atoms with Crippen LogP contribution in [-0.2, 0) is 0 Å². The highest BCUT2D eigenvalue weighted by Gasteiger charge is 2.57. The highest BCUT2D eigenvalue weighted by molar-refractivity contribution is 5.07. The molecule has 0 unspecified atom stereocenters. The minimum absolute atomic E-state index is 0.918. The molecule has 0 bridgehead atoms. The number of hydrogen-bond donors (Lipinski definition) is 0. The van der Waals surface area contributed by atoms with Crippen molar-refractivity contribution in [1.82, 2.24) is 0 Å². The minimum atomic E-state index is 0.918. The van der Waals surface area contributed by atoms with Crippen LogP contribution in [0.15, 0.2) is 0 Å². The molecule has 0 heterocycles. The molecule has 0 aliphatic heterocycles. The lowest BCUT2D eigenvalue weighted by Gasteiger charge is -2.64. The lowest BCUT2D eigenvalue weighted by atomic mass is 9.41. The molecular formula is C11H18. The topological polar surface area (TPSA) is 0 Å². The predicted octanol–water partition coefficient (Wildman–Crippen LogP) is 3.37. The molecule has 0 nitrogen and oxygen atoms in total. The Morgan fingerprint density at radius 3 is 2.18 bits per heavy atom. The summed E-state index contributed by atoms with van der Waals surface area (Å²) in [5, 5.41) is 0. The van der Waals surface area contributed by atoms with Gasteiger partial charge in [-0.05, 0) is 49.4 Å². The second-order valence-electron chi connectivity index (χ2n) is 5.07. The van der Waals surface area contributed by atoms with Gasteiger partial charge in [0.15, 0.2) is 0 Å². The fraction of sp³-hybridized carbons (Fsp3) is 1.00. The molecule has 11 heavy (non-hydrogen) atoms. The number of fused-ring (bicyclic) bond motifs is 2. The van der Waals surface area contributed by atoms with Gasteiger partial charge in [0.1, 0.15) is 0 Å². The third-order valence-corrected chi connectivity index (χ3v) is 4.72. The van der Waals surface area contributed by atoms with Crippen LogP contribution in [0.1, 0.15) is 51.4 Å². The van der Waals surface area contributed by atoms with E-state index in [-0.39, 0.29) is 0 Å². The number of hydrogen-bond acceptors (Lipinski definition) is 0. The third-order valence-electron chi connectivity index (χ3n) is 4.72. The van der Waals surface area contributed by atoms with Gasteiger partial charge in [-0.2, -0.15) is 0 Å². The van der Waals surface area contributed by atoms with E-state index < -0.39 is 0 Å². The maximum Gasteiger partial charge on any atom is -0.0264 e. The zero-order valence-corrected chi connectivity index (χ0v) is 7.31. The molecule has 62 valence electrons. The van der Waals surface area contributed by atoms with Gasteiger partial charge in [-0.1, -0.05) is 19.3 Å². The van der Waals surface area contributed by atoms with E-state index in [2.05, 4.69) is 0 Å². The molecule has 2 atom stereocenters. The Morgan fingerprint density at radius 1 is 0.909 bits per heavy atom. The van der Waals surface area contributed by atoms with Gasteiger partial charge < -0.3 is 0 Å². The van der Waals surface area contributed by atoms with E-state index in [4.69, 9.17) is 0 Å². The first-order valence-corrected chi connectivity index (χ1v) is 5.41. The summed E-state index contributed by atoms with van der Waals surface area (Å²) in [6.07, 6.45) is 12.6.